The molecule has 5 nitrogen and oxygen atoms in total. The van der Waals surface area contributed by atoms with E-state index in [1.807, 2.05) is 18.2 Å². The molecule has 14 rings (SSSR count). The van der Waals surface area contributed by atoms with Gasteiger partial charge in [0.2, 0.25) is 0 Å². The zero-order chi connectivity index (χ0) is 46.1. The molecule has 0 bridgehead atoms. The number of fused-ring (bicyclic) bond motifs is 8. The van der Waals surface area contributed by atoms with Gasteiger partial charge in [-0.1, -0.05) is 164 Å². The summed E-state index contributed by atoms with van der Waals surface area (Å²) in [6.45, 7) is 0. The topological polar surface area (TPSA) is 48.5 Å². The second-order valence-electron chi connectivity index (χ2n) is 18.0. The van der Waals surface area contributed by atoms with Gasteiger partial charge < -0.3 is 9.13 Å². The fourth-order valence-electron chi connectivity index (χ4n) is 10.6. The van der Waals surface area contributed by atoms with Crippen LogP contribution in [0.3, 0.4) is 0 Å². The number of benzene rings is 11. The van der Waals surface area contributed by atoms with Crippen LogP contribution in [0.2, 0.25) is 0 Å². The number of para-hydroxylation sites is 2. The number of aromatic nitrogens is 5. The van der Waals surface area contributed by atoms with Gasteiger partial charge >= 0.3 is 0 Å². The Bertz CT molecular complexity index is 4250. The van der Waals surface area contributed by atoms with Crippen LogP contribution in [-0.4, -0.2) is 24.1 Å². The van der Waals surface area contributed by atoms with Crippen LogP contribution in [0.5, 0.6) is 0 Å². The van der Waals surface area contributed by atoms with Crippen molar-refractivity contribution in [2.45, 2.75) is 0 Å². The summed E-state index contributed by atoms with van der Waals surface area (Å²) in [6, 6.07) is 88.9. The van der Waals surface area contributed by atoms with Crippen LogP contribution >= 0.6 is 0 Å². The lowest BCUT2D eigenvalue weighted by molar-refractivity contribution is 1.07. The second kappa shape index (κ2) is 16.1. The van der Waals surface area contributed by atoms with E-state index in [1.54, 1.807) is 0 Å². The zero-order valence-electron chi connectivity index (χ0n) is 37.9. The lowest BCUT2D eigenvalue weighted by atomic mass is 9.94. The van der Waals surface area contributed by atoms with Gasteiger partial charge in [0.05, 0.1) is 22.1 Å². The van der Waals surface area contributed by atoms with Crippen molar-refractivity contribution in [3.8, 4) is 67.8 Å². The molecule has 326 valence electrons. The van der Waals surface area contributed by atoms with Gasteiger partial charge in [0.1, 0.15) is 0 Å². The maximum absolute atomic E-state index is 5.44. The SMILES string of the molecule is c1ccc(-c2cccc(-c3cc(-n4c5cc6ccccc6cc5c5cc6ccccc6cc54)ccc3-c3nc(-c4ccccc4)nc(-c4ccc5c(c4)c4ccccc4n5-c4ccccc4)n3)c2)cc1. The quantitative estimate of drug-likeness (QED) is 0.160. The first-order valence-electron chi connectivity index (χ1n) is 23.8. The zero-order valence-corrected chi connectivity index (χ0v) is 37.9. The normalized spacial score (nSPS) is 11.7. The van der Waals surface area contributed by atoms with Crippen molar-refractivity contribution in [1.82, 2.24) is 24.1 Å². The largest absolute Gasteiger partial charge is 0.309 e. The van der Waals surface area contributed by atoms with Crippen LogP contribution in [-0.2, 0) is 0 Å². The van der Waals surface area contributed by atoms with Crippen LogP contribution in [0.15, 0.2) is 249 Å². The van der Waals surface area contributed by atoms with E-state index in [0.717, 1.165) is 77.8 Å². The van der Waals surface area contributed by atoms with Crippen molar-refractivity contribution in [3.05, 3.63) is 249 Å². The lowest BCUT2D eigenvalue weighted by Gasteiger charge is -2.16. The highest BCUT2D eigenvalue weighted by molar-refractivity contribution is 6.17. The van der Waals surface area contributed by atoms with Crippen LogP contribution < -0.4 is 0 Å². The lowest BCUT2D eigenvalue weighted by Crippen LogP contribution is -2.02. The Hall–Kier alpha value is -9.45. The van der Waals surface area contributed by atoms with E-state index >= 15 is 0 Å². The predicted molar refractivity (Wildman–Crippen MR) is 291 cm³/mol. The molecule has 0 unspecified atom stereocenters. The number of hydrogen-bond acceptors (Lipinski definition) is 3. The molecule has 0 saturated carbocycles. The summed E-state index contributed by atoms with van der Waals surface area (Å²) in [5, 5.41) is 9.57. The number of rotatable bonds is 7. The van der Waals surface area contributed by atoms with Crippen LogP contribution in [0, 0.1) is 0 Å². The van der Waals surface area contributed by atoms with Crippen LogP contribution in [0.4, 0.5) is 0 Å². The average molecular weight is 892 g/mol. The van der Waals surface area contributed by atoms with Crippen molar-refractivity contribution in [2.24, 2.45) is 0 Å². The van der Waals surface area contributed by atoms with Gasteiger partial charge in [0.25, 0.3) is 0 Å². The Balaban J connectivity index is 1.02. The Labute approximate surface area is 403 Å². The van der Waals surface area contributed by atoms with Gasteiger partial charge in [-0.25, -0.2) is 15.0 Å². The highest BCUT2D eigenvalue weighted by Crippen LogP contribution is 2.42. The van der Waals surface area contributed by atoms with Gasteiger partial charge in [-0.15, -0.1) is 0 Å². The van der Waals surface area contributed by atoms with Gasteiger partial charge in [-0.3, -0.25) is 0 Å². The molecular formula is C65H41N5. The standard InChI is InChI=1S/C65H41N5/c1-4-17-42(18-5-1)44-25-16-26-49(35-44)55-41-52(70-61-39-47-23-12-10-21-45(47)36-57(61)58-37-46-22-11-13-24-48(46)40-62(58)70)32-33-54(55)65-67-63(43-19-6-2-7-20-43)66-64(68-65)50-31-34-60-56(38-50)53-29-14-15-30-59(53)69(60)51-27-8-3-9-28-51/h1-41H. The van der Waals surface area contributed by atoms with Crippen LogP contribution in [0.1, 0.15) is 0 Å². The van der Waals surface area contributed by atoms with Crippen molar-refractivity contribution >= 4 is 65.2 Å². The molecule has 0 N–H and O–H groups in total. The fourth-order valence-corrected chi connectivity index (χ4v) is 10.6. The third-order valence-corrected chi connectivity index (χ3v) is 13.9. The minimum absolute atomic E-state index is 0.599. The maximum atomic E-state index is 5.44. The number of nitrogens with zero attached hydrogens (tertiary/aromatic N) is 5. The first kappa shape index (κ1) is 39.7. The van der Waals surface area contributed by atoms with E-state index in [9.17, 15) is 0 Å². The molecule has 3 aromatic heterocycles. The summed E-state index contributed by atoms with van der Waals surface area (Å²) in [6.07, 6.45) is 0. The van der Waals surface area contributed by atoms with E-state index in [0.29, 0.717) is 17.5 Å². The van der Waals surface area contributed by atoms with Crippen molar-refractivity contribution in [1.29, 1.82) is 0 Å². The second-order valence-corrected chi connectivity index (χ2v) is 18.0. The highest BCUT2D eigenvalue weighted by Gasteiger charge is 2.21. The molecule has 0 atom stereocenters. The molecule has 70 heavy (non-hydrogen) atoms. The molecule has 11 aromatic carbocycles. The minimum atomic E-state index is 0.599. The van der Waals surface area contributed by atoms with E-state index in [2.05, 4.69) is 240 Å². The molecule has 0 amide bonds. The molecule has 14 aromatic rings. The fraction of sp³-hybridized carbons (Fsp3) is 0. The summed E-state index contributed by atoms with van der Waals surface area (Å²) < 4.78 is 4.77. The molecule has 0 aliphatic heterocycles. The summed E-state index contributed by atoms with van der Waals surface area (Å²) in [7, 11) is 0. The molecule has 0 aliphatic rings. The first-order valence-corrected chi connectivity index (χ1v) is 23.8. The smallest absolute Gasteiger partial charge is 0.164 e. The van der Waals surface area contributed by atoms with E-state index in [4.69, 9.17) is 15.0 Å². The summed E-state index contributed by atoms with van der Waals surface area (Å²) in [5.41, 5.74) is 13.8. The highest BCUT2D eigenvalue weighted by atomic mass is 15.0. The molecule has 0 saturated heterocycles. The van der Waals surface area contributed by atoms with Gasteiger partial charge in [-0.05, 0) is 129 Å². The molecule has 0 spiro atoms. The Morgan fingerprint density at radius 1 is 0.229 bits per heavy atom. The first-order chi connectivity index (χ1) is 34.7. The Morgan fingerprint density at radius 3 is 1.41 bits per heavy atom. The average Bonchev–Trinajstić information content (AvgIpc) is 3.93. The summed E-state index contributed by atoms with van der Waals surface area (Å²) in [4.78, 5) is 16.0. The maximum Gasteiger partial charge on any atom is 0.164 e. The van der Waals surface area contributed by atoms with Gasteiger partial charge in [0, 0.05) is 49.6 Å². The van der Waals surface area contributed by atoms with E-state index in [1.165, 1.54) is 37.7 Å². The van der Waals surface area contributed by atoms with E-state index in [-0.39, 0.29) is 0 Å². The van der Waals surface area contributed by atoms with Crippen molar-refractivity contribution < 1.29 is 0 Å². The van der Waals surface area contributed by atoms with Crippen LogP contribution in [0.25, 0.3) is 133 Å². The third-order valence-electron chi connectivity index (χ3n) is 13.9. The molecule has 0 aliphatic carbocycles. The molecule has 0 fully saturated rings. The Morgan fingerprint density at radius 2 is 0.729 bits per heavy atom. The summed E-state index contributed by atoms with van der Waals surface area (Å²) in [5.74, 6) is 1.82. The van der Waals surface area contributed by atoms with E-state index < -0.39 is 0 Å². The third kappa shape index (κ3) is 6.59. The molecule has 3 heterocycles. The minimum Gasteiger partial charge on any atom is -0.309 e. The van der Waals surface area contributed by atoms with Crippen molar-refractivity contribution in [3.63, 3.8) is 0 Å². The monoisotopic (exact) mass is 891 g/mol. The molecule has 0 radical (unpaired) electrons. The molecule has 5 heteroatoms. The van der Waals surface area contributed by atoms with Gasteiger partial charge in [0.15, 0.2) is 17.5 Å². The van der Waals surface area contributed by atoms with Crippen molar-refractivity contribution in [2.75, 3.05) is 0 Å². The molecular weight excluding hydrogens is 851 g/mol. The summed E-state index contributed by atoms with van der Waals surface area (Å²) >= 11 is 0. The number of hydrogen-bond donors (Lipinski definition) is 0. The predicted octanol–water partition coefficient (Wildman–Crippen LogP) is 16.7. The van der Waals surface area contributed by atoms with Gasteiger partial charge in [-0.2, -0.15) is 0 Å². The Kier molecular flexibility index (Phi) is 9.14.